The Labute approximate surface area is 191 Å². The lowest BCUT2D eigenvalue weighted by Crippen LogP contribution is -2.61. The lowest BCUT2D eigenvalue weighted by atomic mass is 9.92. The minimum Gasteiger partial charge on any atom is -0.444 e. The molecule has 1 aromatic carbocycles. The number of carbonyl (C=O) groups excluding carboxylic acids is 1. The highest BCUT2D eigenvalue weighted by Gasteiger charge is 2.40. The zero-order valence-corrected chi connectivity index (χ0v) is 20.2. The standard InChI is InChI=1S/C24H37ClN2O4/c1-23(2,3)31-22(28)26-12-10-19(11-13-26)27-15-21(24(4,5)29)30-16-20(27)14-17-6-8-18(25)9-7-17/h6-9,19-21,29H,10-16H2,1-5H3/t20?,21-/m1/s1. The van der Waals surface area contributed by atoms with E-state index in [9.17, 15) is 9.90 Å². The molecule has 0 aromatic heterocycles. The zero-order valence-electron chi connectivity index (χ0n) is 19.4. The summed E-state index contributed by atoms with van der Waals surface area (Å²) in [5.74, 6) is 0. The number of benzene rings is 1. The maximum Gasteiger partial charge on any atom is 0.410 e. The van der Waals surface area contributed by atoms with Crippen LogP contribution in [0, 0.1) is 0 Å². The summed E-state index contributed by atoms with van der Waals surface area (Å²) < 4.78 is 11.6. The van der Waals surface area contributed by atoms with E-state index in [0.29, 0.717) is 32.3 Å². The summed E-state index contributed by atoms with van der Waals surface area (Å²) in [4.78, 5) is 16.7. The Bertz CT molecular complexity index is 733. The van der Waals surface area contributed by atoms with Crippen LogP contribution in [-0.4, -0.2) is 76.6 Å². The normalized spacial score (nSPS) is 24.3. The Hall–Kier alpha value is -1.34. The first-order valence-electron chi connectivity index (χ1n) is 11.2. The molecule has 174 valence electrons. The smallest absolute Gasteiger partial charge is 0.410 e. The number of piperidine rings is 1. The van der Waals surface area contributed by atoms with Crippen LogP contribution in [0.2, 0.25) is 5.02 Å². The first-order chi connectivity index (χ1) is 14.4. The van der Waals surface area contributed by atoms with Gasteiger partial charge in [0.1, 0.15) is 5.60 Å². The molecule has 0 spiro atoms. The fourth-order valence-electron chi connectivity index (χ4n) is 4.37. The molecule has 2 aliphatic heterocycles. The second-order valence-corrected chi connectivity index (χ2v) is 10.8. The zero-order chi connectivity index (χ0) is 22.8. The number of hydrogen-bond acceptors (Lipinski definition) is 5. The van der Waals surface area contributed by atoms with Crippen LogP contribution in [0.4, 0.5) is 4.79 Å². The number of hydrogen-bond donors (Lipinski definition) is 1. The number of carbonyl (C=O) groups is 1. The highest BCUT2D eigenvalue weighted by molar-refractivity contribution is 6.30. The van der Waals surface area contributed by atoms with Crippen molar-refractivity contribution < 1.29 is 19.4 Å². The van der Waals surface area contributed by atoms with Crippen LogP contribution in [-0.2, 0) is 15.9 Å². The van der Waals surface area contributed by atoms with Gasteiger partial charge >= 0.3 is 6.09 Å². The summed E-state index contributed by atoms with van der Waals surface area (Å²) in [5.41, 5.74) is -0.168. The van der Waals surface area contributed by atoms with Crippen LogP contribution in [0.25, 0.3) is 0 Å². The second kappa shape index (κ2) is 9.65. The van der Waals surface area contributed by atoms with Gasteiger partial charge in [-0.05, 0) is 71.6 Å². The monoisotopic (exact) mass is 452 g/mol. The molecule has 2 heterocycles. The summed E-state index contributed by atoms with van der Waals surface area (Å²) in [6.45, 7) is 11.9. The Kier molecular flexibility index (Phi) is 7.57. The quantitative estimate of drug-likeness (QED) is 0.744. The summed E-state index contributed by atoms with van der Waals surface area (Å²) in [6.07, 6.45) is 2.16. The molecule has 7 heteroatoms. The largest absolute Gasteiger partial charge is 0.444 e. The average molecular weight is 453 g/mol. The number of halogens is 1. The number of rotatable bonds is 4. The molecule has 0 bridgehead atoms. The Morgan fingerprint density at radius 1 is 1.16 bits per heavy atom. The Morgan fingerprint density at radius 2 is 1.77 bits per heavy atom. The van der Waals surface area contributed by atoms with E-state index >= 15 is 0 Å². The lowest BCUT2D eigenvalue weighted by molar-refractivity contribution is -0.155. The molecule has 0 aliphatic carbocycles. The van der Waals surface area contributed by atoms with Crippen LogP contribution in [0.3, 0.4) is 0 Å². The molecule has 1 amide bonds. The number of nitrogens with zero attached hydrogens (tertiary/aromatic N) is 2. The second-order valence-electron chi connectivity index (χ2n) is 10.4. The van der Waals surface area contributed by atoms with E-state index in [1.165, 1.54) is 5.56 Å². The van der Waals surface area contributed by atoms with E-state index < -0.39 is 11.2 Å². The highest BCUT2D eigenvalue weighted by Crippen LogP contribution is 2.29. The Balaban J connectivity index is 1.68. The molecular weight excluding hydrogens is 416 g/mol. The number of likely N-dealkylation sites (tertiary alicyclic amines) is 1. The van der Waals surface area contributed by atoms with Crippen molar-refractivity contribution in [2.24, 2.45) is 0 Å². The van der Waals surface area contributed by atoms with Gasteiger partial charge in [0.15, 0.2) is 0 Å². The van der Waals surface area contributed by atoms with Crippen LogP contribution >= 0.6 is 11.6 Å². The minimum atomic E-state index is -0.902. The van der Waals surface area contributed by atoms with Crippen molar-refractivity contribution in [3.05, 3.63) is 34.9 Å². The summed E-state index contributed by atoms with van der Waals surface area (Å²) in [5, 5.41) is 11.3. The summed E-state index contributed by atoms with van der Waals surface area (Å²) >= 11 is 6.05. The van der Waals surface area contributed by atoms with E-state index in [-0.39, 0.29) is 18.2 Å². The van der Waals surface area contributed by atoms with Gasteiger partial charge in [0.05, 0.1) is 18.3 Å². The summed E-state index contributed by atoms with van der Waals surface area (Å²) in [6, 6.07) is 8.53. The molecule has 0 radical (unpaired) electrons. The van der Waals surface area contributed by atoms with Crippen LogP contribution in [0.1, 0.15) is 53.0 Å². The molecule has 1 unspecified atom stereocenters. The van der Waals surface area contributed by atoms with Gasteiger partial charge in [-0.15, -0.1) is 0 Å². The third-order valence-electron chi connectivity index (χ3n) is 6.09. The van der Waals surface area contributed by atoms with Crippen molar-refractivity contribution in [3.8, 4) is 0 Å². The lowest BCUT2D eigenvalue weighted by Gasteiger charge is -2.48. The van der Waals surface area contributed by atoms with Gasteiger partial charge in [0.25, 0.3) is 0 Å². The molecule has 0 saturated carbocycles. The van der Waals surface area contributed by atoms with Gasteiger partial charge in [0, 0.05) is 36.7 Å². The Morgan fingerprint density at radius 3 is 2.32 bits per heavy atom. The van der Waals surface area contributed by atoms with Crippen molar-refractivity contribution in [2.75, 3.05) is 26.2 Å². The number of ether oxygens (including phenoxy) is 2. The maximum absolute atomic E-state index is 12.4. The molecule has 2 atom stereocenters. The third kappa shape index (κ3) is 6.82. The topological polar surface area (TPSA) is 62.2 Å². The molecule has 3 rings (SSSR count). The van der Waals surface area contributed by atoms with E-state index in [1.807, 2.05) is 37.8 Å². The van der Waals surface area contributed by atoms with Crippen molar-refractivity contribution in [1.29, 1.82) is 0 Å². The van der Waals surface area contributed by atoms with Gasteiger partial charge in [-0.2, -0.15) is 0 Å². The van der Waals surface area contributed by atoms with E-state index in [4.69, 9.17) is 21.1 Å². The first-order valence-corrected chi connectivity index (χ1v) is 11.6. The number of aliphatic hydroxyl groups is 1. The SMILES string of the molecule is CC(C)(C)OC(=O)N1CCC(N2C[C@H](C(C)(C)O)OCC2Cc2ccc(Cl)cc2)CC1. The molecule has 2 fully saturated rings. The fraction of sp³-hybridized carbons (Fsp3) is 0.708. The van der Waals surface area contributed by atoms with Crippen LogP contribution in [0.15, 0.2) is 24.3 Å². The van der Waals surface area contributed by atoms with Crippen molar-refractivity contribution in [1.82, 2.24) is 9.80 Å². The predicted molar refractivity (Wildman–Crippen MR) is 123 cm³/mol. The predicted octanol–water partition coefficient (Wildman–Crippen LogP) is 4.12. The maximum atomic E-state index is 12.4. The van der Waals surface area contributed by atoms with Gasteiger partial charge in [-0.3, -0.25) is 4.90 Å². The van der Waals surface area contributed by atoms with Gasteiger partial charge < -0.3 is 19.5 Å². The third-order valence-corrected chi connectivity index (χ3v) is 6.35. The van der Waals surface area contributed by atoms with E-state index in [2.05, 4.69) is 17.0 Å². The first kappa shape index (κ1) is 24.3. The van der Waals surface area contributed by atoms with Gasteiger partial charge in [-0.25, -0.2) is 4.79 Å². The molecule has 2 saturated heterocycles. The van der Waals surface area contributed by atoms with Crippen LogP contribution < -0.4 is 0 Å². The van der Waals surface area contributed by atoms with Gasteiger partial charge in [-0.1, -0.05) is 23.7 Å². The molecule has 6 nitrogen and oxygen atoms in total. The number of morpholine rings is 1. The molecule has 2 aliphatic rings. The molecule has 1 N–H and O–H groups in total. The van der Waals surface area contributed by atoms with E-state index in [0.717, 1.165) is 24.3 Å². The molecular formula is C24H37ClN2O4. The highest BCUT2D eigenvalue weighted by atomic mass is 35.5. The van der Waals surface area contributed by atoms with Gasteiger partial charge in [0.2, 0.25) is 0 Å². The van der Waals surface area contributed by atoms with Crippen molar-refractivity contribution in [3.63, 3.8) is 0 Å². The van der Waals surface area contributed by atoms with Crippen molar-refractivity contribution in [2.45, 2.75) is 83.3 Å². The van der Waals surface area contributed by atoms with Crippen molar-refractivity contribution >= 4 is 17.7 Å². The number of amides is 1. The fourth-order valence-corrected chi connectivity index (χ4v) is 4.49. The summed E-state index contributed by atoms with van der Waals surface area (Å²) in [7, 11) is 0. The van der Waals surface area contributed by atoms with Crippen LogP contribution in [0.5, 0.6) is 0 Å². The minimum absolute atomic E-state index is 0.220. The van der Waals surface area contributed by atoms with E-state index in [1.54, 1.807) is 13.8 Å². The molecule has 31 heavy (non-hydrogen) atoms. The average Bonchev–Trinajstić information content (AvgIpc) is 2.68. The molecule has 1 aromatic rings.